The first-order chi connectivity index (χ1) is 9.86. The minimum atomic E-state index is -1.33. The molecule has 1 aromatic carbocycles. The van der Waals surface area contributed by atoms with Gasteiger partial charge in [0, 0.05) is 16.1 Å². The smallest absolute Gasteiger partial charge is 0.356 e. The average Bonchev–Trinajstić information content (AvgIpc) is 2.42. The number of nitrogens with two attached hydrogens (primary N) is 1. The van der Waals surface area contributed by atoms with E-state index in [2.05, 4.69) is 4.98 Å². The fraction of sp³-hybridized carbons (Fsp3) is 0.143. The van der Waals surface area contributed by atoms with Gasteiger partial charge in [-0.05, 0) is 24.6 Å². The second-order valence-corrected chi connectivity index (χ2v) is 5.09. The summed E-state index contributed by atoms with van der Waals surface area (Å²) >= 11 is 11.7. The van der Waals surface area contributed by atoms with Gasteiger partial charge < -0.3 is 10.8 Å². The molecule has 0 unspecified atom stereocenters. The highest BCUT2D eigenvalue weighted by Gasteiger charge is 2.19. The normalized spacial score (nSPS) is 10.7. The number of nitrogen functional groups attached to an aromatic ring is 1. The SMILES string of the molecule is CCc1c(Cl)ccc(-c2cc(N)c(Cl)c(C(=O)O)n2)c1F. The summed E-state index contributed by atoms with van der Waals surface area (Å²) in [6, 6.07) is 4.30. The Labute approximate surface area is 130 Å². The maximum atomic E-state index is 14.4. The number of carboxylic acid groups (broad SMARTS) is 1. The number of hydrogen-bond acceptors (Lipinski definition) is 3. The van der Waals surface area contributed by atoms with Gasteiger partial charge in [0.1, 0.15) is 5.82 Å². The van der Waals surface area contributed by atoms with E-state index < -0.39 is 17.5 Å². The molecular weight excluding hydrogens is 318 g/mol. The Morgan fingerprint density at radius 3 is 2.67 bits per heavy atom. The minimum absolute atomic E-state index is 0.0199. The van der Waals surface area contributed by atoms with E-state index in [0.717, 1.165) is 0 Å². The molecule has 0 amide bonds. The van der Waals surface area contributed by atoms with Gasteiger partial charge in [0.25, 0.3) is 0 Å². The lowest BCUT2D eigenvalue weighted by molar-refractivity contribution is 0.0691. The molecule has 0 saturated carbocycles. The van der Waals surface area contributed by atoms with Crippen LogP contribution < -0.4 is 5.73 Å². The molecule has 110 valence electrons. The number of hydrogen-bond donors (Lipinski definition) is 2. The van der Waals surface area contributed by atoms with Crippen molar-refractivity contribution < 1.29 is 14.3 Å². The highest BCUT2D eigenvalue weighted by atomic mass is 35.5. The second kappa shape index (κ2) is 5.87. The van der Waals surface area contributed by atoms with Gasteiger partial charge in [-0.15, -0.1) is 0 Å². The molecule has 0 radical (unpaired) electrons. The average molecular weight is 329 g/mol. The number of aromatic nitrogens is 1. The van der Waals surface area contributed by atoms with Crippen molar-refractivity contribution in [2.24, 2.45) is 0 Å². The summed E-state index contributed by atoms with van der Waals surface area (Å²) in [4.78, 5) is 15.0. The van der Waals surface area contributed by atoms with Crippen LogP contribution in [0.2, 0.25) is 10.0 Å². The number of benzene rings is 1. The third-order valence-corrected chi connectivity index (χ3v) is 3.76. The lowest BCUT2D eigenvalue weighted by atomic mass is 10.0. The van der Waals surface area contributed by atoms with Crippen molar-refractivity contribution in [3.05, 3.63) is 45.3 Å². The van der Waals surface area contributed by atoms with Gasteiger partial charge >= 0.3 is 5.97 Å². The first kappa shape index (κ1) is 15.5. The standard InChI is InChI=1S/C14H11Cl2FN2O2/c1-2-6-8(15)4-3-7(12(6)17)10-5-9(18)11(16)13(19-10)14(20)21/h3-5H,2H2,1H3,(H2,18,19)(H,20,21). The molecule has 0 atom stereocenters. The predicted octanol–water partition coefficient (Wildman–Crippen LogP) is 4.04. The van der Waals surface area contributed by atoms with Crippen LogP contribution >= 0.6 is 23.2 Å². The molecule has 1 heterocycles. The quantitative estimate of drug-likeness (QED) is 0.891. The van der Waals surface area contributed by atoms with E-state index in [1.54, 1.807) is 6.92 Å². The fourth-order valence-corrected chi connectivity index (χ4v) is 2.41. The molecule has 0 aliphatic carbocycles. The van der Waals surface area contributed by atoms with E-state index in [1.165, 1.54) is 18.2 Å². The van der Waals surface area contributed by atoms with Crippen molar-refractivity contribution in [2.75, 3.05) is 5.73 Å². The third kappa shape index (κ3) is 2.80. The highest BCUT2D eigenvalue weighted by Crippen LogP contribution is 2.32. The van der Waals surface area contributed by atoms with E-state index in [0.29, 0.717) is 17.0 Å². The Kier molecular flexibility index (Phi) is 4.34. The van der Waals surface area contributed by atoms with Crippen molar-refractivity contribution in [3.63, 3.8) is 0 Å². The number of nitrogens with zero attached hydrogens (tertiary/aromatic N) is 1. The molecule has 0 spiro atoms. The van der Waals surface area contributed by atoms with Gasteiger partial charge in [-0.1, -0.05) is 30.1 Å². The van der Waals surface area contributed by atoms with Crippen LogP contribution in [0, 0.1) is 5.82 Å². The number of anilines is 1. The first-order valence-corrected chi connectivity index (χ1v) is 6.79. The van der Waals surface area contributed by atoms with Gasteiger partial charge in [0.05, 0.1) is 16.4 Å². The summed E-state index contributed by atoms with van der Waals surface area (Å²) in [5, 5.41) is 9.19. The fourth-order valence-electron chi connectivity index (χ4n) is 1.95. The van der Waals surface area contributed by atoms with Gasteiger partial charge in [0.2, 0.25) is 0 Å². The number of carbonyl (C=O) groups is 1. The number of rotatable bonds is 3. The van der Waals surface area contributed by atoms with Crippen molar-refractivity contribution in [2.45, 2.75) is 13.3 Å². The van der Waals surface area contributed by atoms with E-state index in [4.69, 9.17) is 34.0 Å². The van der Waals surface area contributed by atoms with Crippen molar-refractivity contribution in [3.8, 4) is 11.3 Å². The van der Waals surface area contributed by atoms with Crippen molar-refractivity contribution in [1.29, 1.82) is 0 Å². The maximum Gasteiger partial charge on any atom is 0.356 e. The molecule has 0 aliphatic heterocycles. The number of halogens is 3. The molecule has 21 heavy (non-hydrogen) atoms. The maximum absolute atomic E-state index is 14.4. The Morgan fingerprint density at radius 1 is 1.43 bits per heavy atom. The van der Waals surface area contributed by atoms with Crippen LogP contribution in [-0.2, 0) is 6.42 Å². The Balaban J connectivity index is 2.71. The molecule has 2 rings (SSSR count). The Morgan fingerprint density at radius 2 is 2.10 bits per heavy atom. The molecule has 0 bridgehead atoms. The largest absolute Gasteiger partial charge is 0.476 e. The van der Waals surface area contributed by atoms with Crippen LogP contribution in [0.4, 0.5) is 10.1 Å². The molecule has 2 aromatic rings. The number of aromatic carboxylic acids is 1. The summed E-state index contributed by atoms with van der Waals surface area (Å²) in [6.07, 6.45) is 0.396. The van der Waals surface area contributed by atoms with Gasteiger partial charge in [0.15, 0.2) is 5.69 Å². The molecule has 0 fully saturated rings. The van der Waals surface area contributed by atoms with E-state index >= 15 is 0 Å². The van der Waals surface area contributed by atoms with Crippen LogP contribution in [0.1, 0.15) is 23.0 Å². The summed E-state index contributed by atoms with van der Waals surface area (Å²) in [5.41, 5.74) is 5.82. The van der Waals surface area contributed by atoms with Crippen LogP contribution in [0.5, 0.6) is 0 Å². The molecular formula is C14H11Cl2FN2O2. The molecule has 3 N–H and O–H groups in total. The second-order valence-electron chi connectivity index (χ2n) is 4.31. The molecule has 0 saturated heterocycles. The minimum Gasteiger partial charge on any atom is -0.476 e. The van der Waals surface area contributed by atoms with Gasteiger partial charge in [-0.25, -0.2) is 14.2 Å². The summed E-state index contributed by atoms with van der Waals surface area (Å²) < 4.78 is 14.4. The summed E-state index contributed by atoms with van der Waals surface area (Å²) in [7, 11) is 0. The highest BCUT2D eigenvalue weighted by molar-refractivity contribution is 6.35. The molecule has 1 aromatic heterocycles. The summed E-state index contributed by atoms with van der Waals surface area (Å²) in [5.74, 6) is -1.88. The van der Waals surface area contributed by atoms with Crippen molar-refractivity contribution >= 4 is 34.9 Å². The number of pyridine rings is 1. The van der Waals surface area contributed by atoms with Crippen molar-refractivity contribution in [1.82, 2.24) is 4.98 Å². The zero-order valence-corrected chi connectivity index (χ0v) is 12.5. The Hall–Kier alpha value is -1.85. The van der Waals surface area contributed by atoms with E-state index in [1.807, 2.05) is 0 Å². The Bertz CT molecular complexity index is 735. The lowest BCUT2D eigenvalue weighted by Gasteiger charge is -2.11. The van der Waals surface area contributed by atoms with Crippen LogP contribution in [0.15, 0.2) is 18.2 Å². The summed E-state index contributed by atoms with van der Waals surface area (Å²) in [6.45, 7) is 1.76. The number of carboxylic acids is 1. The lowest BCUT2D eigenvalue weighted by Crippen LogP contribution is -2.06. The molecule has 4 nitrogen and oxygen atoms in total. The zero-order chi connectivity index (χ0) is 15.7. The molecule has 7 heteroatoms. The monoisotopic (exact) mass is 328 g/mol. The third-order valence-electron chi connectivity index (χ3n) is 3.00. The molecule has 0 aliphatic rings. The topological polar surface area (TPSA) is 76.2 Å². The van der Waals surface area contributed by atoms with Gasteiger partial charge in [-0.2, -0.15) is 0 Å². The van der Waals surface area contributed by atoms with Crippen LogP contribution in [0.3, 0.4) is 0 Å². The van der Waals surface area contributed by atoms with E-state index in [-0.39, 0.29) is 22.0 Å². The van der Waals surface area contributed by atoms with Crippen LogP contribution in [0.25, 0.3) is 11.3 Å². The predicted molar refractivity (Wildman–Crippen MR) is 80.4 cm³/mol. The zero-order valence-electron chi connectivity index (χ0n) is 11.0. The van der Waals surface area contributed by atoms with Gasteiger partial charge in [-0.3, -0.25) is 0 Å². The van der Waals surface area contributed by atoms with E-state index in [9.17, 15) is 9.18 Å². The van der Waals surface area contributed by atoms with Crippen LogP contribution in [-0.4, -0.2) is 16.1 Å². The first-order valence-electron chi connectivity index (χ1n) is 6.03.